The van der Waals surface area contributed by atoms with Crippen molar-refractivity contribution in [3.63, 3.8) is 0 Å². The van der Waals surface area contributed by atoms with Gasteiger partial charge in [-0.05, 0) is 42.7 Å². The number of carbonyl (C=O) groups is 2. The van der Waals surface area contributed by atoms with E-state index < -0.39 is 16.1 Å². The average Bonchev–Trinajstić information content (AvgIpc) is 2.84. The number of nitrogens with one attached hydrogen (secondary N) is 2. The maximum Gasteiger partial charge on any atom is 0.411 e. The Kier molecular flexibility index (Phi) is 9.20. The molecule has 0 aliphatic carbocycles. The number of benzene rings is 2. The van der Waals surface area contributed by atoms with Gasteiger partial charge in [-0.3, -0.25) is 10.1 Å². The summed E-state index contributed by atoms with van der Waals surface area (Å²) in [6, 6.07) is 15.9. The number of anilines is 2. The summed E-state index contributed by atoms with van der Waals surface area (Å²) in [4.78, 5) is 24.5. The van der Waals surface area contributed by atoms with Crippen molar-refractivity contribution >= 4 is 39.5 Å². The summed E-state index contributed by atoms with van der Waals surface area (Å²) < 4.78 is 36.4. The van der Waals surface area contributed by atoms with E-state index in [4.69, 9.17) is 9.47 Å². The molecule has 1 fully saturated rings. The van der Waals surface area contributed by atoms with Crippen LogP contribution in [-0.4, -0.2) is 58.1 Å². The third-order valence-electron chi connectivity index (χ3n) is 5.31. The molecule has 1 heterocycles. The van der Waals surface area contributed by atoms with Gasteiger partial charge in [-0.2, -0.15) is 4.31 Å². The van der Waals surface area contributed by atoms with Gasteiger partial charge in [0.15, 0.2) is 0 Å². The summed E-state index contributed by atoms with van der Waals surface area (Å²) in [5.74, 6) is -0.489. The molecule has 1 aliphatic heterocycles. The standard InChI is InChI=1S/C24H29N3O6S/c1-32-15-16-33-24(29)26-22-9-5-8-21(18-22)25-23(28)20-10-13-27(14-11-20)34(30,31)17-12-19-6-3-2-4-7-19/h2-9,12,17-18,20H,10-11,13-16H2,1H3,(H,25,28)(H,26,29)/b17-12+. The molecule has 1 aliphatic rings. The Labute approximate surface area is 199 Å². The summed E-state index contributed by atoms with van der Waals surface area (Å²) in [5.41, 5.74) is 1.81. The third-order valence-corrected chi connectivity index (χ3v) is 6.88. The minimum absolute atomic E-state index is 0.134. The zero-order valence-electron chi connectivity index (χ0n) is 19.0. The van der Waals surface area contributed by atoms with Crippen LogP contribution in [0.4, 0.5) is 16.2 Å². The molecule has 0 radical (unpaired) electrons. The van der Waals surface area contributed by atoms with Gasteiger partial charge in [0.2, 0.25) is 15.9 Å². The van der Waals surface area contributed by atoms with Gasteiger partial charge >= 0.3 is 6.09 Å². The second kappa shape index (κ2) is 12.3. The number of ether oxygens (including phenoxy) is 2. The van der Waals surface area contributed by atoms with Gasteiger partial charge in [-0.1, -0.05) is 36.4 Å². The van der Waals surface area contributed by atoms with Crippen molar-refractivity contribution in [1.29, 1.82) is 0 Å². The fraction of sp³-hybridized carbons (Fsp3) is 0.333. The monoisotopic (exact) mass is 487 g/mol. The Morgan fingerprint density at radius 1 is 1.00 bits per heavy atom. The van der Waals surface area contributed by atoms with Crippen molar-refractivity contribution in [2.45, 2.75) is 12.8 Å². The van der Waals surface area contributed by atoms with Crippen LogP contribution in [0.2, 0.25) is 0 Å². The molecule has 2 N–H and O–H groups in total. The van der Waals surface area contributed by atoms with Crippen LogP contribution in [-0.2, 0) is 24.3 Å². The zero-order chi connectivity index (χ0) is 24.4. The Bertz CT molecular complexity index is 1100. The van der Waals surface area contributed by atoms with Crippen molar-refractivity contribution in [3.05, 3.63) is 65.6 Å². The van der Waals surface area contributed by atoms with E-state index in [0.717, 1.165) is 5.56 Å². The van der Waals surface area contributed by atoms with Gasteiger partial charge < -0.3 is 14.8 Å². The molecule has 2 aromatic carbocycles. The Morgan fingerprint density at radius 3 is 2.35 bits per heavy atom. The summed E-state index contributed by atoms with van der Waals surface area (Å²) in [5, 5.41) is 6.65. The van der Waals surface area contributed by atoms with E-state index in [1.165, 1.54) is 16.8 Å². The van der Waals surface area contributed by atoms with Gasteiger partial charge in [0, 0.05) is 42.9 Å². The predicted octanol–water partition coefficient (Wildman–Crippen LogP) is 3.53. The highest BCUT2D eigenvalue weighted by Gasteiger charge is 2.30. The number of carbonyl (C=O) groups excluding carboxylic acids is 2. The fourth-order valence-corrected chi connectivity index (χ4v) is 4.70. The van der Waals surface area contributed by atoms with Crippen molar-refractivity contribution in [3.8, 4) is 0 Å². The molecule has 0 saturated carbocycles. The van der Waals surface area contributed by atoms with Crippen molar-refractivity contribution in [1.82, 2.24) is 4.31 Å². The van der Waals surface area contributed by atoms with Gasteiger partial charge in [-0.15, -0.1) is 0 Å². The molecule has 182 valence electrons. The van der Waals surface area contributed by atoms with Crippen LogP contribution in [0, 0.1) is 5.92 Å². The normalized spacial score (nSPS) is 15.2. The smallest absolute Gasteiger partial charge is 0.411 e. The number of methoxy groups -OCH3 is 1. The molecule has 1 saturated heterocycles. The lowest BCUT2D eigenvalue weighted by Gasteiger charge is -2.29. The van der Waals surface area contributed by atoms with Gasteiger partial charge in [-0.25, -0.2) is 13.2 Å². The molecular weight excluding hydrogens is 458 g/mol. The van der Waals surface area contributed by atoms with E-state index in [1.807, 2.05) is 30.3 Å². The molecule has 9 nitrogen and oxygen atoms in total. The molecule has 0 aromatic heterocycles. The first-order chi connectivity index (χ1) is 16.4. The van der Waals surface area contributed by atoms with Crippen LogP contribution in [0.3, 0.4) is 0 Å². The maximum absolute atomic E-state index is 12.7. The number of piperidine rings is 1. The highest BCUT2D eigenvalue weighted by Crippen LogP contribution is 2.23. The molecule has 34 heavy (non-hydrogen) atoms. The minimum atomic E-state index is -3.55. The van der Waals surface area contributed by atoms with Crippen LogP contribution in [0.25, 0.3) is 6.08 Å². The largest absolute Gasteiger partial charge is 0.447 e. The van der Waals surface area contributed by atoms with E-state index in [2.05, 4.69) is 10.6 Å². The highest BCUT2D eigenvalue weighted by molar-refractivity contribution is 7.92. The molecule has 3 rings (SSSR count). The first-order valence-electron chi connectivity index (χ1n) is 10.9. The second-order valence-electron chi connectivity index (χ2n) is 7.76. The van der Waals surface area contributed by atoms with Crippen molar-refractivity contribution in [2.75, 3.05) is 44.0 Å². The van der Waals surface area contributed by atoms with Crippen LogP contribution < -0.4 is 10.6 Å². The second-order valence-corrected chi connectivity index (χ2v) is 9.57. The molecule has 2 amide bonds. The number of sulfonamides is 1. The fourth-order valence-electron chi connectivity index (χ4n) is 3.48. The minimum Gasteiger partial charge on any atom is -0.447 e. The molecule has 0 spiro atoms. The topological polar surface area (TPSA) is 114 Å². The van der Waals surface area contributed by atoms with Crippen LogP contribution in [0.15, 0.2) is 60.0 Å². The van der Waals surface area contributed by atoms with Gasteiger partial charge in [0.1, 0.15) is 6.61 Å². The van der Waals surface area contributed by atoms with Gasteiger partial charge in [0.05, 0.1) is 6.61 Å². The summed E-state index contributed by atoms with van der Waals surface area (Å²) in [7, 11) is -2.04. The van der Waals surface area contributed by atoms with E-state index in [-0.39, 0.29) is 31.5 Å². The average molecular weight is 488 g/mol. The SMILES string of the molecule is COCCOC(=O)Nc1cccc(NC(=O)C2CCN(S(=O)(=O)/C=C/c3ccccc3)CC2)c1. The molecule has 0 atom stereocenters. The lowest BCUT2D eigenvalue weighted by atomic mass is 9.97. The Morgan fingerprint density at radius 2 is 1.68 bits per heavy atom. The van der Waals surface area contributed by atoms with Crippen LogP contribution in [0.1, 0.15) is 18.4 Å². The van der Waals surface area contributed by atoms with Crippen molar-refractivity contribution in [2.24, 2.45) is 5.92 Å². The van der Waals surface area contributed by atoms with E-state index in [9.17, 15) is 18.0 Å². The van der Waals surface area contributed by atoms with E-state index in [0.29, 0.717) is 30.8 Å². The first kappa shape index (κ1) is 25.4. The predicted molar refractivity (Wildman–Crippen MR) is 131 cm³/mol. The molecular formula is C24H29N3O6S. The summed E-state index contributed by atoms with van der Waals surface area (Å²) in [6.45, 7) is 0.977. The lowest BCUT2D eigenvalue weighted by Crippen LogP contribution is -2.40. The number of amides is 2. The number of rotatable bonds is 9. The molecule has 0 bridgehead atoms. The number of nitrogens with zero attached hydrogens (tertiary/aromatic N) is 1. The quantitative estimate of drug-likeness (QED) is 0.523. The molecule has 2 aromatic rings. The summed E-state index contributed by atoms with van der Waals surface area (Å²) in [6.07, 6.45) is 1.81. The van der Waals surface area contributed by atoms with Crippen LogP contribution >= 0.6 is 0 Å². The van der Waals surface area contributed by atoms with Gasteiger partial charge in [0.25, 0.3) is 0 Å². The summed E-state index contributed by atoms with van der Waals surface area (Å²) >= 11 is 0. The van der Waals surface area contributed by atoms with Crippen molar-refractivity contribution < 1.29 is 27.5 Å². The van der Waals surface area contributed by atoms with E-state index >= 15 is 0 Å². The lowest BCUT2D eigenvalue weighted by molar-refractivity contribution is -0.120. The first-order valence-corrected chi connectivity index (χ1v) is 12.4. The highest BCUT2D eigenvalue weighted by atomic mass is 32.2. The third kappa shape index (κ3) is 7.68. The maximum atomic E-state index is 12.7. The van der Waals surface area contributed by atoms with Crippen LogP contribution in [0.5, 0.6) is 0 Å². The van der Waals surface area contributed by atoms with E-state index in [1.54, 1.807) is 30.3 Å². The zero-order valence-corrected chi connectivity index (χ0v) is 19.8. The number of hydrogen-bond donors (Lipinski definition) is 2. The molecule has 10 heteroatoms. The number of hydrogen-bond acceptors (Lipinski definition) is 6. The Hall–Kier alpha value is -3.21. The Balaban J connectivity index is 1.50. The molecule has 0 unspecified atom stereocenters.